The number of carbonyl (C=O) groups excluding carboxylic acids is 1. The number of hydrogen-bond acceptors (Lipinski definition) is 3. The Balaban J connectivity index is 1.40. The summed E-state index contributed by atoms with van der Waals surface area (Å²) in [6.45, 7) is 4.55. The number of anilines is 2. The summed E-state index contributed by atoms with van der Waals surface area (Å²) in [5.74, 6) is 0.606. The fourth-order valence-corrected chi connectivity index (χ4v) is 4.35. The van der Waals surface area contributed by atoms with E-state index >= 15 is 0 Å². The lowest BCUT2D eigenvalue weighted by Crippen LogP contribution is -2.48. The highest BCUT2D eigenvalue weighted by molar-refractivity contribution is 5.88. The minimum absolute atomic E-state index is 0.114. The molecule has 160 valence electrons. The number of rotatable bonds is 4. The molecule has 0 spiro atoms. The molecule has 2 atom stereocenters. The maximum absolute atomic E-state index is 13.3. The van der Waals surface area contributed by atoms with Crippen LogP contribution >= 0.6 is 0 Å². The van der Waals surface area contributed by atoms with Gasteiger partial charge in [-0.2, -0.15) is 0 Å². The summed E-state index contributed by atoms with van der Waals surface area (Å²) < 4.78 is 6.14. The number of aryl methyl sites for hydroxylation is 1. The molecule has 0 bridgehead atoms. The van der Waals surface area contributed by atoms with Crippen molar-refractivity contribution in [3.63, 3.8) is 0 Å². The summed E-state index contributed by atoms with van der Waals surface area (Å²) >= 11 is 0. The van der Waals surface area contributed by atoms with Crippen LogP contribution in [0, 0.1) is 6.92 Å². The Morgan fingerprint density at radius 1 is 0.938 bits per heavy atom. The first kappa shape index (κ1) is 20.1. The highest BCUT2D eigenvalue weighted by Crippen LogP contribution is 2.38. The minimum atomic E-state index is -0.608. The number of para-hydroxylation sites is 2. The first-order valence-corrected chi connectivity index (χ1v) is 11.0. The molecule has 1 amide bonds. The third-order valence-corrected chi connectivity index (χ3v) is 6.06. The van der Waals surface area contributed by atoms with Gasteiger partial charge in [0.05, 0.1) is 18.3 Å². The molecule has 4 heteroatoms. The monoisotopic (exact) mass is 422 g/mol. The van der Waals surface area contributed by atoms with E-state index in [0.29, 0.717) is 6.54 Å². The summed E-state index contributed by atoms with van der Waals surface area (Å²) in [6.07, 6.45) is -0.608. The smallest absolute Gasteiger partial charge is 0.263 e. The van der Waals surface area contributed by atoms with Gasteiger partial charge in [-0.15, -0.1) is 0 Å². The van der Waals surface area contributed by atoms with Crippen molar-refractivity contribution in [3.8, 4) is 5.75 Å². The van der Waals surface area contributed by atoms with Crippen LogP contribution < -0.4 is 15.0 Å². The number of hydrogen-bond donors (Lipinski definition) is 1. The van der Waals surface area contributed by atoms with Crippen LogP contribution in [0.3, 0.4) is 0 Å². The predicted octanol–water partition coefficient (Wildman–Crippen LogP) is 5.92. The number of nitrogens with zero attached hydrogens (tertiary/aromatic N) is 1. The van der Waals surface area contributed by atoms with Gasteiger partial charge in [-0.1, -0.05) is 72.3 Å². The standard InChI is InChI=1S/C28H26N2O2/c1-19-14-16-22(17-15-19)30-18-27(32-26-13-6-5-12-25(26)30)28(31)29-20(2)23-11-7-9-21-8-3-4-10-24(21)23/h3-17,20,27H,18H2,1-2H3,(H,29,31)/t20-,27?/m1/s1. The number of benzene rings is 4. The van der Waals surface area contributed by atoms with Crippen LogP contribution in [0.2, 0.25) is 0 Å². The van der Waals surface area contributed by atoms with E-state index in [0.717, 1.165) is 28.1 Å². The van der Waals surface area contributed by atoms with Gasteiger partial charge in [-0.25, -0.2) is 0 Å². The lowest BCUT2D eigenvalue weighted by molar-refractivity contribution is -0.128. The Bertz CT molecular complexity index is 1260. The molecule has 1 aliphatic rings. The maximum Gasteiger partial charge on any atom is 0.263 e. The van der Waals surface area contributed by atoms with Crippen molar-refractivity contribution in [3.05, 3.63) is 102 Å². The number of nitrogens with one attached hydrogen (secondary N) is 1. The summed E-state index contributed by atoms with van der Waals surface area (Å²) in [6, 6.07) is 30.5. The van der Waals surface area contributed by atoms with Gasteiger partial charge in [-0.05, 0) is 54.4 Å². The maximum atomic E-state index is 13.3. The third-order valence-electron chi connectivity index (χ3n) is 6.06. The van der Waals surface area contributed by atoms with E-state index in [-0.39, 0.29) is 11.9 Å². The molecule has 1 heterocycles. The lowest BCUT2D eigenvalue weighted by atomic mass is 9.99. The van der Waals surface area contributed by atoms with Crippen LogP contribution in [0.4, 0.5) is 11.4 Å². The Kier molecular flexibility index (Phi) is 5.28. The Morgan fingerprint density at radius 3 is 2.50 bits per heavy atom. The number of carbonyl (C=O) groups is 1. The topological polar surface area (TPSA) is 41.6 Å². The molecule has 0 saturated carbocycles. The second-order valence-electron chi connectivity index (χ2n) is 8.32. The summed E-state index contributed by atoms with van der Waals surface area (Å²) in [5.41, 5.74) is 4.32. The first-order valence-electron chi connectivity index (χ1n) is 11.0. The van der Waals surface area contributed by atoms with Crippen molar-refractivity contribution in [2.24, 2.45) is 0 Å². The molecule has 5 rings (SSSR count). The normalized spacial score (nSPS) is 16.2. The van der Waals surface area contributed by atoms with E-state index in [1.165, 1.54) is 10.9 Å². The van der Waals surface area contributed by atoms with Gasteiger partial charge < -0.3 is 15.0 Å². The highest BCUT2D eigenvalue weighted by Gasteiger charge is 2.32. The zero-order valence-electron chi connectivity index (χ0n) is 18.3. The molecule has 0 aliphatic carbocycles. The van der Waals surface area contributed by atoms with Gasteiger partial charge in [0.2, 0.25) is 0 Å². The molecular weight excluding hydrogens is 396 g/mol. The van der Waals surface area contributed by atoms with E-state index < -0.39 is 6.10 Å². The molecule has 4 nitrogen and oxygen atoms in total. The van der Waals surface area contributed by atoms with Crippen molar-refractivity contribution < 1.29 is 9.53 Å². The van der Waals surface area contributed by atoms with E-state index in [1.807, 2.05) is 49.4 Å². The predicted molar refractivity (Wildman–Crippen MR) is 130 cm³/mol. The Hall–Kier alpha value is -3.79. The molecule has 0 fully saturated rings. The molecule has 0 radical (unpaired) electrons. The van der Waals surface area contributed by atoms with Gasteiger partial charge in [0.25, 0.3) is 5.91 Å². The van der Waals surface area contributed by atoms with Crippen LogP contribution in [0.15, 0.2) is 91.0 Å². The SMILES string of the molecule is Cc1ccc(N2CC(C(=O)N[C@H](C)c3cccc4ccccc34)Oc3ccccc32)cc1. The summed E-state index contributed by atoms with van der Waals surface area (Å²) in [4.78, 5) is 15.5. The van der Waals surface area contributed by atoms with Crippen LogP contribution in [0.25, 0.3) is 10.8 Å². The van der Waals surface area contributed by atoms with Crippen molar-refractivity contribution in [2.45, 2.75) is 26.0 Å². The Labute approximate surface area is 188 Å². The van der Waals surface area contributed by atoms with Gasteiger partial charge >= 0.3 is 0 Å². The van der Waals surface area contributed by atoms with Crippen molar-refractivity contribution in [1.29, 1.82) is 0 Å². The fraction of sp³-hybridized carbons (Fsp3) is 0.179. The molecule has 32 heavy (non-hydrogen) atoms. The molecule has 4 aromatic carbocycles. The quantitative estimate of drug-likeness (QED) is 0.444. The molecule has 1 unspecified atom stereocenters. The Morgan fingerprint density at radius 2 is 1.66 bits per heavy atom. The van der Waals surface area contributed by atoms with Gasteiger partial charge in [0, 0.05) is 5.69 Å². The average Bonchev–Trinajstić information content (AvgIpc) is 2.83. The average molecular weight is 423 g/mol. The summed E-state index contributed by atoms with van der Waals surface area (Å²) in [7, 11) is 0. The molecule has 1 N–H and O–H groups in total. The largest absolute Gasteiger partial charge is 0.477 e. The second kappa shape index (κ2) is 8.39. The zero-order valence-corrected chi connectivity index (χ0v) is 18.3. The fourth-order valence-electron chi connectivity index (χ4n) is 4.35. The van der Waals surface area contributed by atoms with Crippen LogP contribution in [0.5, 0.6) is 5.75 Å². The summed E-state index contributed by atoms with van der Waals surface area (Å²) in [5, 5.41) is 5.50. The number of ether oxygens (including phenoxy) is 1. The van der Waals surface area contributed by atoms with Crippen molar-refractivity contribution in [1.82, 2.24) is 5.32 Å². The second-order valence-corrected chi connectivity index (χ2v) is 8.32. The molecule has 4 aromatic rings. The zero-order chi connectivity index (χ0) is 22.1. The van der Waals surface area contributed by atoms with Crippen LogP contribution in [0.1, 0.15) is 24.1 Å². The lowest BCUT2D eigenvalue weighted by Gasteiger charge is -2.36. The first-order chi connectivity index (χ1) is 15.6. The van der Waals surface area contributed by atoms with E-state index in [9.17, 15) is 4.79 Å². The van der Waals surface area contributed by atoms with E-state index in [2.05, 4.69) is 65.7 Å². The number of amides is 1. The van der Waals surface area contributed by atoms with E-state index in [1.54, 1.807) is 0 Å². The van der Waals surface area contributed by atoms with Crippen LogP contribution in [-0.4, -0.2) is 18.6 Å². The van der Waals surface area contributed by atoms with Crippen LogP contribution in [-0.2, 0) is 4.79 Å². The van der Waals surface area contributed by atoms with E-state index in [4.69, 9.17) is 4.74 Å². The molecular formula is C28H26N2O2. The molecule has 1 aliphatic heterocycles. The number of fused-ring (bicyclic) bond motifs is 2. The molecule has 0 saturated heterocycles. The molecule has 0 aromatic heterocycles. The van der Waals surface area contributed by atoms with Gasteiger partial charge in [-0.3, -0.25) is 4.79 Å². The van der Waals surface area contributed by atoms with Gasteiger partial charge in [0.1, 0.15) is 5.75 Å². The van der Waals surface area contributed by atoms with Crippen molar-refractivity contribution in [2.75, 3.05) is 11.4 Å². The third kappa shape index (κ3) is 3.80. The highest BCUT2D eigenvalue weighted by atomic mass is 16.5. The van der Waals surface area contributed by atoms with Gasteiger partial charge in [0.15, 0.2) is 6.10 Å². The van der Waals surface area contributed by atoms with Crippen molar-refractivity contribution >= 4 is 28.1 Å². The minimum Gasteiger partial charge on any atom is -0.477 e.